The highest BCUT2D eigenvalue weighted by atomic mass is 16.2. The third-order valence-corrected chi connectivity index (χ3v) is 4.58. The number of hydrogen-bond donors (Lipinski definition) is 2. The van der Waals surface area contributed by atoms with Gasteiger partial charge in [-0.15, -0.1) is 0 Å². The molecule has 0 unspecified atom stereocenters. The quantitative estimate of drug-likeness (QED) is 0.837. The van der Waals surface area contributed by atoms with Gasteiger partial charge in [-0.3, -0.25) is 9.59 Å². The maximum Gasteiger partial charge on any atom is 0.253 e. The predicted octanol–water partition coefficient (Wildman–Crippen LogP) is 1.98. The minimum absolute atomic E-state index is 0.0369. The Bertz CT molecular complexity index is 723. The third-order valence-electron chi connectivity index (χ3n) is 4.58. The van der Waals surface area contributed by atoms with Gasteiger partial charge in [0.25, 0.3) is 5.91 Å². The van der Waals surface area contributed by atoms with E-state index in [4.69, 9.17) is 0 Å². The number of rotatable bonds is 6. The molecule has 1 fully saturated rings. The maximum atomic E-state index is 12.4. The van der Waals surface area contributed by atoms with Crippen molar-refractivity contribution in [2.45, 2.75) is 19.4 Å². The van der Waals surface area contributed by atoms with E-state index in [1.165, 1.54) is 5.56 Å². The highest BCUT2D eigenvalue weighted by Gasteiger charge is 2.17. The van der Waals surface area contributed by atoms with E-state index in [-0.39, 0.29) is 11.8 Å². The van der Waals surface area contributed by atoms with Gasteiger partial charge in [-0.1, -0.05) is 42.5 Å². The summed E-state index contributed by atoms with van der Waals surface area (Å²) in [6.07, 6.45) is 1.22. The van der Waals surface area contributed by atoms with Gasteiger partial charge in [-0.05, 0) is 29.7 Å². The molecule has 0 aliphatic carbocycles. The highest BCUT2D eigenvalue weighted by Crippen LogP contribution is 2.09. The molecule has 0 radical (unpaired) electrons. The van der Waals surface area contributed by atoms with Crippen LogP contribution in [0.2, 0.25) is 0 Å². The Morgan fingerprint density at radius 1 is 0.923 bits per heavy atom. The molecule has 2 aromatic rings. The van der Waals surface area contributed by atoms with Crippen LogP contribution >= 0.6 is 0 Å². The van der Waals surface area contributed by atoms with Crippen LogP contribution in [0.25, 0.3) is 0 Å². The molecule has 5 heteroatoms. The zero-order chi connectivity index (χ0) is 18.2. The van der Waals surface area contributed by atoms with Gasteiger partial charge < -0.3 is 15.5 Å². The van der Waals surface area contributed by atoms with Crippen molar-refractivity contribution in [2.75, 3.05) is 26.2 Å². The summed E-state index contributed by atoms with van der Waals surface area (Å²) < 4.78 is 0. The second kappa shape index (κ2) is 9.15. The minimum atomic E-state index is 0.0369. The van der Waals surface area contributed by atoms with Gasteiger partial charge in [0.1, 0.15) is 0 Å². The zero-order valence-corrected chi connectivity index (χ0v) is 14.9. The van der Waals surface area contributed by atoms with E-state index in [0.717, 1.165) is 38.2 Å². The lowest BCUT2D eigenvalue weighted by molar-refractivity contribution is -0.121. The van der Waals surface area contributed by atoms with Crippen molar-refractivity contribution < 1.29 is 9.59 Å². The zero-order valence-electron chi connectivity index (χ0n) is 14.9. The summed E-state index contributed by atoms with van der Waals surface area (Å²) in [7, 11) is 0. The van der Waals surface area contributed by atoms with E-state index in [0.29, 0.717) is 18.5 Å². The van der Waals surface area contributed by atoms with Crippen LogP contribution in [0.4, 0.5) is 0 Å². The van der Waals surface area contributed by atoms with E-state index in [1.807, 2.05) is 59.5 Å². The van der Waals surface area contributed by atoms with Crippen molar-refractivity contribution in [3.63, 3.8) is 0 Å². The van der Waals surface area contributed by atoms with Crippen molar-refractivity contribution in [2.24, 2.45) is 0 Å². The number of benzene rings is 2. The van der Waals surface area contributed by atoms with Crippen LogP contribution in [-0.2, 0) is 17.8 Å². The first-order valence-electron chi connectivity index (χ1n) is 9.12. The van der Waals surface area contributed by atoms with Crippen molar-refractivity contribution in [1.82, 2.24) is 15.5 Å². The summed E-state index contributed by atoms with van der Waals surface area (Å²) in [5.41, 5.74) is 2.86. The molecule has 0 bridgehead atoms. The standard InChI is InChI=1S/C21H25N3O2/c25-20(11-8-17-4-2-1-3-5-17)23-16-18-6-9-19(10-7-18)21(26)24-14-12-22-13-15-24/h1-7,9-10,22H,8,11-16H2,(H,23,25). The third kappa shape index (κ3) is 5.17. The Labute approximate surface area is 154 Å². The normalized spacial score (nSPS) is 14.1. The SMILES string of the molecule is O=C(CCc1ccccc1)NCc1ccc(C(=O)N2CCNCC2)cc1. The largest absolute Gasteiger partial charge is 0.352 e. The first kappa shape index (κ1) is 18.1. The van der Waals surface area contributed by atoms with Gasteiger partial charge in [0.15, 0.2) is 0 Å². The number of carbonyl (C=O) groups excluding carboxylic acids is 2. The molecule has 0 spiro atoms. The first-order chi connectivity index (χ1) is 12.7. The lowest BCUT2D eigenvalue weighted by atomic mass is 10.1. The number of nitrogens with one attached hydrogen (secondary N) is 2. The number of amides is 2. The molecule has 2 aromatic carbocycles. The maximum absolute atomic E-state index is 12.4. The molecule has 2 amide bonds. The van der Waals surface area contributed by atoms with Crippen LogP contribution in [0.3, 0.4) is 0 Å². The van der Waals surface area contributed by atoms with E-state index in [9.17, 15) is 9.59 Å². The van der Waals surface area contributed by atoms with Crippen molar-refractivity contribution in [3.8, 4) is 0 Å². The number of piperazine rings is 1. The van der Waals surface area contributed by atoms with E-state index >= 15 is 0 Å². The Kier molecular flexibility index (Phi) is 6.39. The molecule has 2 N–H and O–H groups in total. The smallest absolute Gasteiger partial charge is 0.253 e. The molecule has 136 valence electrons. The lowest BCUT2D eigenvalue weighted by Gasteiger charge is -2.27. The summed E-state index contributed by atoms with van der Waals surface area (Å²) >= 11 is 0. The highest BCUT2D eigenvalue weighted by molar-refractivity contribution is 5.94. The summed E-state index contributed by atoms with van der Waals surface area (Å²) in [6, 6.07) is 17.5. The second-order valence-electron chi connectivity index (χ2n) is 6.50. The van der Waals surface area contributed by atoms with Crippen LogP contribution in [0, 0.1) is 0 Å². The van der Waals surface area contributed by atoms with Gasteiger partial charge in [0, 0.05) is 44.7 Å². The van der Waals surface area contributed by atoms with Crippen LogP contribution in [0.5, 0.6) is 0 Å². The number of aryl methyl sites for hydroxylation is 1. The van der Waals surface area contributed by atoms with E-state index < -0.39 is 0 Å². The summed E-state index contributed by atoms with van der Waals surface area (Å²) in [5.74, 6) is 0.111. The summed E-state index contributed by atoms with van der Waals surface area (Å²) in [4.78, 5) is 26.3. The monoisotopic (exact) mass is 351 g/mol. The number of nitrogens with zero attached hydrogens (tertiary/aromatic N) is 1. The summed E-state index contributed by atoms with van der Waals surface area (Å²) in [6.45, 7) is 3.67. The average Bonchev–Trinajstić information content (AvgIpc) is 2.72. The minimum Gasteiger partial charge on any atom is -0.352 e. The van der Waals surface area contributed by atoms with Crippen LogP contribution in [-0.4, -0.2) is 42.9 Å². The van der Waals surface area contributed by atoms with Crippen LogP contribution in [0.1, 0.15) is 27.9 Å². The fourth-order valence-electron chi connectivity index (χ4n) is 3.01. The Balaban J connectivity index is 1.45. The fourth-order valence-corrected chi connectivity index (χ4v) is 3.01. The molecular formula is C21H25N3O2. The molecule has 1 aliphatic rings. The van der Waals surface area contributed by atoms with E-state index in [2.05, 4.69) is 10.6 Å². The van der Waals surface area contributed by atoms with Gasteiger partial charge in [-0.25, -0.2) is 0 Å². The number of hydrogen-bond acceptors (Lipinski definition) is 3. The summed E-state index contributed by atoms with van der Waals surface area (Å²) in [5, 5.41) is 6.18. The Morgan fingerprint density at radius 2 is 1.62 bits per heavy atom. The first-order valence-corrected chi connectivity index (χ1v) is 9.12. The second-order valence-corrected chi connectivity index (χ2v) is 6.50. The molecule has 26 heavy (non-hydrogen) atoms. The fraction of sp³-hybridized carbons (Fsp3) is 0.333. The predicted molar refractivity (Wildman–Crippen MR) is 102 cm³/mol. The molecule has 1 heterocycles. The molecule has 1 saturated heterocycles. The molecule has 0 saturated carbocycles. The molecule has 5 nitrogen and oxygen atoms in total. The van der Waals surface area contributed by atoms with Gasteiger partial charge >= 0.3 is 0 Å². The van der Waals surface area contributed by atoms with Crippen molar-refractivity contribution >= 4 is 11.8 Å². The van der Waals surface area contributed by atoms with Crippen LogP contribution < -0.4 is 10.6 Å². The molecule has 3 rings (SSSR count). The topological polar surface area (TPSA) is 61.4 Å². The molecule has 0 aromatic heterocycles. The lowest BCUT2D eigenvalue weighted by Crippen LogP contribution is -2.46. The van der Waals surface area contributed by atoms with Crippen molar-refractivity contribution in [3.05, 3.63) is 71.3 Å². The van der Waals surface area contributed by atoms with Gasteiger partial charge in [-0.2, -0.15) is 0 Å². The Hall–Kier alpha value is -2.66. The average molecular weight is 351 g/mol. The van der Waals surface area contributed by atoms with E-state index in [1.54, 1.807) is 0 Å². The van der Waals surface area contributed by atoms with Crippen molar-refractivity contribution in [1.29, 1.82) is 0 Å². The molecule has 0 atom stereocenters. The number of carbonyl (C=O) groups is 2. The van der Waals surface area contributed by atoms with Crippen LogP contribution in [0.15, 0.2) is 54.6 Å². The molecular weight excluding hydrogens is 326 g/mol. The van der Waals surface area contributed by atoms with Gasteiger partial charge in [0.2, 0.25) is 5.91 Å². The molecule has 1 aliphatic heterocycles. The van der Waals surface area contributed by atoms with Gasteiger partial charge in [0.05, 0.1) is 0 Å². The Morgan fingerprint density at radius 3 is 2.31 bits per heavy atom.